The summed E-state index contributed by atoms with van der Waals surface area (Å²) in [5.41, 5.74) is 7.95. The van der Waals surface area contributed by atoms with E-state index in [1.807, 2.05) is 54.6 Å². The van der Waals surface area contributed by atoms with E-state index in [0.717, 1.165) is 5.56 Å². The number of amides is 1. The SMILES string of the molecule is COc1cccc(-n2c(SCc3ccc(C(N)=O)cc3)nc3ccccc3c2=O)c1. The molecule has 3 aromatic carbocycles. The molecule has 0 aliphatic carbocycles. The highest BCUT2D eigenvalue weighted by molar-refractivity contribution is 7.98. The molecule has 0 saturated carbocycles. The molecule has 0 saturated heterocycles. The van der Waals surface area contributed by atoms with Crippen LogP contribution in [0.1, 0.15) is 15.9 Å². The fraction of sp³-hybridized carbons (Fsp3) is 0.0870. The van der Waals surface area contributed by atoms with Crippen LogP contribution < -0.4 is 16.0 Å². The molecule has 0 spiro atoms. The fourth-order valence-electron chi connectivity index (χ4n) is 3.10. The second kappa shape index (κ2) is 8.42. The Hall–Kier alpha value is -3.58. The van der Waals surface area contributed by atoms with E-state index >= 15 is 0 Å². The van der Waals surface area contributed by atoms with E-state index in [4.69, 9.17) is 15.5 Å². The number of carbonyl (C=O) groups is 1. The number of fused-ring (bicyclic) bond motifs is 1. The zero-order valence-electron chi connectivity index (χ0n) is 16.2. The maximum absolute atomic E-state index is 13.3. The van der Waals surface area contributed by atoms with Gasteiger partial charge in [0.15, 0.2) is 5.16 Å². The first-order chi connectivity index (χ1) is 14.6. The molecule has 1 aromatic heterocycles. The van der Waals surface area contributed by atoms with E-state index in [1.165, 1.54) is 11.8 Å². The minimum absolute atomic E-state index is 0.138. The molecule has 0 fully saturated rings. The number of nitrogens with two attached hydrogens (primary N) is 1. The first-order valence-corrected chi connectivity index (χ1v) is 10.2. The molecule has 0 aliphatic heterocycles. The normalized spacial score (nSPS) is 10.8. The third-order valence-corrected chi connectivity index (χ3v) is 5.67. The van der Waals surface area contributed by atoms with Crippen LogP contribution in [0.4, 0.5) is 0 Å². The molecule has 0 unspecified atom stereocenters. The number of para-hydroxylation sites is 1. The smallest absolute Gasteiger partial charge is 0.266 e. The Bertz CT molecular complexity index is 1280. The van der Waals surface area contributed by atoms with Crippen LogP contribution in [0.3, 0.4) is 0 Å². The zero-order valence-corrected chi connectivity index (χ0v) is 17.1. The number of aromatic nitrogens is 2. The van der Waals surface area contributed by atoms with Crippen LogP contribution in [-0.4, -0.2) is 22.6 Å². The summed E-state index contributed by atoms with van der Waals surface area (Å²) < 4.78 is 6.93. The van der Waals surface area contributed by atoms with Gasteiger partial charge in [-0.25, -0.2) is 4.98 Å². The number of benzene rings is 3. The lowest BCUT2D eigenvalue weighted by Gasteiger charge is -2.14. The second-order valence-corrected chi connectivity index (χ2v) is 7.55. The van der Waals surface area contributed by atoms with Crippen molar-refractivity contribution in [1.82, 2.24) is 9.55 Å². The second-order valence-electron chi connectivity index (χ2n) is 6.60. The van der Waals surface area contributed by atoms with Gasteiger partial charge < -0.3 is 10.5 Å². The molecule has 0 radical (unpaired) electrons. The molecule has 1 heterocycles. The number of carbonyl (C=O) groups excluding carboxylic acids is 1. The van der Waals surface area contributed by atoms with Gasteiger partial charge in [0.1, 0.15) is 5.75 Å². The van der Waals surface area contributed by atoms with Gasteiger partial charge in [-0.1, -0.05) is 42.1 Å². The van der Waals surface area contributed by atoms with Crippen LogP contribution in [0.25, 0.3) is 16.6 Å². The van der Waals surface area contributed by atoms with Crippen molar-refractivity contribution in [2.75, 3.05) is 7.11 Å². The minimum Gasteiger partial charge on any atom is -0.497 e. The van der Waals surface area contributed by atoms with Crippen LogP contribution >= 0.6 is 11.8 Å². The summed E-state index contributed by atoms with van der Waals surface area (Å²) in [5, 5.41) is 1.13. The first-order valence-electron chi connectivity index (χ1n) is 9.24. The predicted molar refractivity (Wildman–Crippen MR) is 118 cm³/mol. The molecular formula is C23H19N3O3S. The van der Waals surface area contributed by atoms with E-state index < -0.39 is 5.91 Å². The van der Waals surface area contributed by atoms with Crippen LogP contribution in [-0.2, 0) is 5.75 Å². The summed E-state index contributed by atoms with van der Waals surface area (Å²) in [5.74, 6) is 0.774. The van der Waals surface area contributed by atoms with Gasteiger partial charge in [0.2, 0.25) is 5.91 Å². The lowest BCUT2D eigenvalue weighted by Crippen LogP contribution is -2.21. The summed E-state index contributed by atoms with van der Waals surface area (Å²) in [6.07, 6.45) is 0. The molecule has 150 valence electrons. The number of thioether (sulfide) groups is 1. The molecule has 0 aliphatic rings. The maximum Gasteiger partial charge on any atom is 0.266 e. The van der Waals surface area contributed by atoms with Gasteiger partial charge in [0.25, 0.3) is 5.56 Å². The number of nitrogens with zero attached hydrogens (tertiary/aromatic N) is 2. The number of hydrogen-bond acceptors (Lipinski definition) is 5. The molecule has 6 nitrogen and oxygen atoms in total. The number of hydrogen-bond donors (Lipinski definition) is 1. The largest absolute Gasteiger partial charge is 0.497 e. The first kappa shape index (κ1) is 19.7. The summed E-state index contributed by atoms with van der Waals surface area (Å²) in [7, 11) is 1.59. The van der Waals surface area contributed by atoms with Gasteiger partial charge in [0.05, 0.1) is 23.7 Å². The Kier molecular flexibility index (Phi) is 5.54. The van der Waals surface area contributed by atoms with E-state index in [1.54, 1.807) is 29.9 Å². The Morgan fingerprint density at radius 3 is 2.57 bits per heavy atom. The minimum atomic E-state index is -0.461. The van der Waals surface area contributed by atoms with Crippen LogP contribution in [0.15, 0.2) is 82.7 Å². The van der Waals surface area contributed by atoms with E-state index in [2.05, 4.69) is 0 Å². The Labute approximate surface area is 177 Å². The van der Waals surface area contributed by atoms with Gasteiger partial charge in [0, 0.05) is 17.4 Å². The average molecular weight is 417 g/mol. The van der Waals surface area contributed by atoms with Crippen LogP contribution in [0.2, 0.25) is 0 Å². The zero-order chi connectivity index (χ0) is 21.1. The number of primary amides is 1. The van der Waals surface area contributed by atoms with E-state index in [9.17, 15) is 9.59 Å². The molecule has 0 bridgehead atoms. The highest BCUT2D eigenvalue weighted by Gasteiger charge is 2.14. The lowest BCUT2D eigenvalue weighted by atomic mass is 10.1. The van der Waals surface area contributed by atoms with Crippen molar-refractivity contribution in [3.8, 4) is 11.4 Å². The van der Waals surface area contributed by atoms with Crippen molar-refractivity contribution < 1.29 is 9.53 Å². The highest BCUT2D eigenvalue weighted by Crippen LogP contribution is 2.26. The molecular weight excluding hydrogens is 398 g/mol. The molecule has 4 aromatic rings. The standard InChI is InChI=1S/C23H19N3O3S/c1-29-18-6-4-5-17(13-18)26-22(28)19-7-2-3-8-20(19)25-23(26)30-14-15-9-11-16(12-10-15)21(24)27/h2-13H,14H2,1H3,(H2,24,27). The highest BCUT2D eigenvalue weighted by atomic mass is 32.2. The fourth-order valence-corrected chi connectivity index (χ4v) is 4.07. The Morgan fingerprint density at radius 2 is 1.83 bits per heavy atom. The van der Waals surface area contributed by atoms with Crippen molar-refractivity contribution in [2.24, 2.45) is 5.73 Å². The Balaban J connectivity index is 1.77. The van der Waals surface area contributed by atoms with Gasteiger partial charge in [-0.05, 0) is 42.0 Å². The molecule has 7 heteroatoms. The molecule has 1 amide bonds. The maximum atomic E-state index is 13.3. The van der Waals surface area contributed by atoms with Crippen molar-refractivity contribution in [3.63, 3.8) is 0 Å². The monoisotopic (exact) mass is 417 g/mol. The van der Waals surface area contributed by atoms with Crippen molar-refractivity contribution in [3.05, 3.63) is 94.3 Å². The number of methoxy groups -OCH3 is 1. The van der Waals surface area contributed by atoms with Crippen LogP contribution in [0.5, 0.6) is 5.75 Å². The third-order valence-electron chi connectivity index (χ3n) is 4.66. The summed E-state index contributed by atoms with van der Waals surface area (Å²) in [6.45, 7) is 0. The average Bonchev–Trinajstić information content (AvgIpc) is 2.78. The van der Waals surface area contributed by atoms with Crippen molar-refractivity contribution in [1.29, 1.82) is 0 Å². The summed E-state index contributed by atoms with van der Waals surface area (Å²) in [4.78, 5) is 29.3. The Morgan fingerprint density at radius 1 is 1.07 bits per heavy atom. The summed E-state index contributed by atoms with van der Waals surface area (Å²) in [6, 6.07) is 21.7. The van der Waals surface area contributed by atoms with Gasteiger partial charge in [-0.15, -0.1) is 0 Å². The molecule has 0 atom stereocenters. The van der Waals surface area contributed by atoms with Crippen molar-refractivity contribution >= 4 is 28.6 Å². The lowest BCUT2D eigenvalue weighted by molar-refractivity contribution is 0.100. The summed E-state index contributed by atoms with van der Waals surface area (Å²) >= 11 is 1.45. The predicted octanol–water partition coefficient (Wildman–Crippen LogP) is 3.79. The van der Waals surface area contributed by atoms with Crippen LogP contribution in [0, 0.1) is 0 Å². The van der Waals surface area contributed by atoms with E-state index in [0.29, 0.717) is 38.8 Å². The molecule has 30 heavy (non-hydrogen) atoms. The van der Waals surface area contributed by atoms with Gasteiger partial charge in [-0.2, -0.15) is 0 Å². The quantitative estimate of drug-likeness (QED) is 0.381. The molecule has 4 rings (SSSR count). The van der Waals surface area contributed by atoms with Gasteiger partial charge in [-0.3, -0.25) is 14.2 Å². The van der Waals surface area contributed by atoms with Crippen molar-refractivity contribution in [2.45, 2.75) is 10.9 Å². The third kappa shape index (κ3) is 3.92. The van der Waals surface area contributed by atoms with E-state index in [-0.39, 0.29) is 5.56 Å². The molecule has 2 N–H and O–H groups in total. The van der Waals surface area contributed by atoms with Gasteiger partial charge >= 0.3 is 0 Å². The topological polar surface area (TPSA) is 87.2 Å². The number of ether oxygens (including phenoxy) is 1. The number of rotatable bonds is 6.